The highest BCUT2D eigenvalue weighted by Gasteiger charge is 2.13. The minimum atomic E-state index is -3.57. The Bertz CT molecular complexity index is 1270. The van der Waals surface area contributed by atoms with Crippen LogP contribution in [0.15, 0.2) is 66.0 Å². The van der Waals surface area contributed by atoms with Crippen LogP contribution in [-0.2, 0) is 14.8 Å². The van der Waals surface area contributed by atoms with Gasteiger partial charge in [0, 0.05) is 38.3 Å². The Morgan fingerprint density at radius 1 is 1.06 bits per heavy atom. The van der Waals surface area contributed by atoms with Crippen molar-refractivity contribution in [1.29, 1.82) is 0 Å². The van der Waals surface area contributed by atoms with Crippen LogP contribution in [0.5, 0.6) is 0 Å². The Hall–Kier alpha value is -3.41. The lowest BCUT2D eigenvalue weighted by Crippen LogP contribution is -2.25. The molecule has 0 fully saturated rings. The lowest BCUT2D eigenvalue weighted by molar-refractivity contribution is 0.196. The minimum absolute atomic E-state index is 0.182. The fourth-order valence-electron chi connectivity index (χ4n) is 2.92. The summed E-state index contributed by atoms with van der Waals surface area (Å²) in [7, 11) is -1.99. The summed E-state index contributed by atoms with van der Waals surface area (Å²) in [5.74, 6) is 0.372. The van der Waals surface area contributed by atoms with Crippen LogP contribution in [0.25, 0.3) is 17.0 Å². The molecule has 0 amide bonds. The smallest absolute Gasteiger partial charge is 0.240 e. The number of nitrogens with zero attached hydrogens (tertiary/aromatic N) is 5. The molecule has 0 radical (unpaired) electrons. The molecule has 4 rings (SSSR count). The molecule has 1 aromatic carbocycles. The molecule has 0 bridgehead atoms. The van der Waals surface area contributed by atoms with E-state index in [-0.39, 0.29) is 4.90 Å². The molecule has 11 heteroatoms. The van der Waals surface area contributed by atoms with Gasteiger partial charge in [-0.25, -0.2) is 32.6 Å². The molecule has 3 heterocycles. The van der Waals surface area contributed by atoms with Gasteiger partial charge >= 0.3 is 0 Å². The molecule has 2 N–H and O–H groups in total. The second-order valence-electron chi connectivity index (χ2n) is 6.60. The SMILES string of the molecule is COCCCNS(=O)(=O)c1ccc(Nc2nccc(-c3cnc4cccnn34)n2)cc1. The van der Waals surface area contributed by atoms with E-state index >= 15 is 0 Å². The highest BCUT2D eigenvalue weighted by Crippen LogP contribution is 2.21. The zero-order valence-corrected chi connectivity index (χ0v) is 17.6. The third kappa shape index (κ3) is 4.85. The lowest BCUT2D eigenvalue weighted by Gasteiger charge is -2.09. The number of hydrogen-bond acceptors (Lipinski definition) is 8. The van der Waals surface area contributed by atoms with Crippen molar-refractivity contribution in [2.45, 2.75) is 11.3 Å². The van der Waals surface area contributed by atoms with Crippen molar-refractivity contribution in [2.75, 3.05) is 25.6 Å². The van der Waals surface area contributed by atoms with Crippen LogP contribution in [-0.4, -0.2) is 53.2 Å². The molecular weight excluding hydrogens is 418 g/mol. The number of fused-ring (bicyclic) bond motifs is 1. The summed E-state index contributed by atoms with van der Waals surface area (Å²) in [6.07, 6.45) is 5.62. The number of sulfonamides is 1. The number of ether oxygens (including phenoxy) is 1. The van der Waals surface area contributed by atoms with Crippen LogP contribution < -0.4 is 10.0 Å². The van der Waals surface area contributed by atoms with Gasteiger partial charge in [0.25, 0.3) is 0 Å². The highest BCUT2D eigenvalue weighted by atomic mass is 32.2. The van der Waals surface area contributed by atoms with E-state index in [0.717, 1.165) is 11.3 Å². The average Bonchev–Trinajstić information content (AvgIpc) is 3.22. The molecule has 160 valence electrons. The van der Waals surface area contributed by atoms with Crippen molar-refractivity contribution >= 4 is 27.3 Å². The molecule has 0 saturated carbocycles. The summed E-state index contributed by atoms with van der Waals surface area (Å²) in [6, 6.07) is 11.8. The fraction of sp³-hybridized carbons (Fsp3) is 0.200. The second-order valence-corrected chi connectivity index (χ2v) is 8.36. The monoisotopic (exact) mass is 439 g/mol. The van der Waals surface area contributed by atoms with Crippen LogP contribution in [0, 0.1) is 0 Å². The first-order valence-corrected chi connectivity index (χ1v) is 11.0. The zero-order valence-electron chi connectivity index (χ0n) is 16.8. The Balaban J connectivity index is 1.48. The normalized spacial score (nSPS) is 11.6. The van der Waals surface area contributed by atoms with Crippen LogP contribution in [0.1, 0.15) is 6.42 Å². The second kappa shape index (κ2) is 9.16. The molecule has 3 aromatic heterocycles. The molecule has 0 aliphatic carbocycles. The fourth-order valence-corrected chi connectivity index (χ4v) is 3.99. The largest absolute Gasteiger partial charge is 0.385 e. The Labute approximate surface area is 179 Å². The van der Waals surface area contributed by atoms with Gasteiger partial charge in [-0.15, -0.1) is 0 Å². The lowest BCUT2D eigenvalue weighted by atomic mass is 10.3. The highest BCUT2D eigenvalue weighted by molar-refractivity contribution is 7.89. The quantitative estimate of drug-likeness (QED) is 0.381. The molecule has 0 spiro atoms. The van der Waals surface area contributed by atoms with Gasteiger partial charge in [-0.3, -0.25) is 0 Å². The topological polar surface area (TPSA) is 123 Å². The minimum Gasteiger partial charge on any atom is -0.385 e. The summed E-state index contributed by atoms with van der Waals surface area (Å²) >= 11 is 0. The average molecular weight is 440 g/mol. The number of anilines is 2. The van der Waals surface area contributed by atoms with E-state index in [0.29, 0.717) is 36.9 Å². The number of methoxy groups -OCH3 is 1. The first-order chi connectivity index (χ1) is 15.1. The number of hydrogen-bond donors (Lipinski definition) is 2. The van der Waals surface area contributed by atoms with Gasteiger partial charge in [0.1, 0.15) is 5.69 Å². The van der Waals surface area contributed by atoms with Crippen molar-refractivity contribution in [1.82, 2.24) is 29.3 Å². The van der Waals surface area contributed by atoms with E-state index in [1.807, 2.05) is 12.1 Å². The van der Waals surface area contributed by atoms with Gasteiger partial charge in [-0.1, -0.05) is 0 Å². The third-order valence-corrected chi connectivity index (χ3v) is 5.91. The van der Waals surface area contributed by atoms with Crippen LogP contribution in [0.2, 0.25) is 0 Å². The van der Waals surface area contributed by atoms with Crippen molar-refractivity contribution in [3.8, 4) is 11.4 Å². The van der Waals surface area contributed by atoms with Crippen molar-refractivity contribution in [3.05, 3.63) is 61.1 Å². The molecule has 10 nitrogen and oxygen atoms in total. The van der Waals surface area contributed by atoms with E-state index in [2.05, 4.69) is 30.1 Å². The maximum atomic E-state index is 12.3. The van der Waals surface area contributed by atoms with Crippen molar-refractivity contribution in [2.24, 2.45) is 0 Å². The first kappa shape index (κ1) is 20.8. The van der Waals surface area contributed by atoms with E-state index in [1.54, 1.807) is 48.4 Å². The van der Waals surface area contributed by atoms with E-state index in [1.165, 1.54) is 12.1 Å². The molecule has 0 aliphatic rings. The predicted octanol–water partition coefficient (Wildman–Crippen LogP) is 2.24. The number of aromatic nitrogens is 5. The molecule has 0 unspecified atom stereocenters. The Morgan fingerprint density at radius 3 is 2.71 bits per heavy atom. The van der Waals surface area contributed by atoms with Gasteiger partial charge in [0.05, 0.1) is 16.8 Å². The molecule has 4 aromatic rings. The van der Waals surface area contributed by atoms with Gasteiger partial charge in [0.2, 0.25) is 16.0 Å². The summed E-state index contributed by atoms with van der Waals surface area (Å²) in [5, 5.41) is 7.39. The van der Waals surface area contributed by atoms with Gasteiger partial charge in [-0.2, -0.15) is 5.10 Å². The Kier molecular flexibility index (Phi) is 6.16. The van der Waals surface area contributed by atoms with Crippen LogP contribution >= 0.6 is 0 Å². The van der Waals surface area contributed by atoms with Gasteiger partial charge < -0.3 is 10.1 Å². The predicted molar refractivity (Wildman–Crippen MR) is 115 cm³/mol. The van der Waals surface area contributed by atoms with Gasteiger partial charge in [0.15, 0.2) is 5.65 Å². The maximum Gasteiger partial charge on any atom is 0.240 e. The van der Waals surface area contributed by atoms with E-state index < -0.39 is 10.0 Å². The summed E-state index contributed by atoms with van der Waals surface area (Å²) in [4.78, 5) is 13.3. The zero-order chi connectivity index (χ0) is 21.7. The summed E-state index contributed by atoms with van der Waals surface area (Å²) in [5.41, 5.74) is 2.77. The molecule has 0 saturated heterocycles. The molecular formula is C20H21N7O3S. The third-order valence-electron chi connectivity index (χ3n) is 4.43. The van der Waals surface area contributed by atoms with Crippen LogP contribution in [0.3, 0.4) is 0 Å². The maximum absolute atomic E-state index is 12.3. The Morgan fingerprint density at radius 2 is 1.90 bits per heavy atom. The molecule has 0 atom stereocenters. The number of nitrogens with one attached hydrogen (secondary N) is 2. The van der Waals surface area contributed by atoms with E-state index in [4.69, 9.17) is 4.74 Å². The molecule has 0 aliphatic heterocycles. The van der Waals surface area contributed by atoms with E-state index in [9.17, 15) is 8.42 Å². The summed E-state index contributed by atoms with van der Waals surface area (Å²) in [6.45, 7) is 0.810. The van der Waals surface area contributed by atoms with Crippen LogP contribution in [0.4, 0.5) is 11.6 Å². The summed E-state index contributed by atoms with van der Waals surface area (Å²) < 4.78 is 33.8. The molecule has 31 heavy (non-hydrogen) atoms. The van der Waals surface area contributed by atoms with Crippen molar-refractivity contribution in [3.63, 3.8) is 0 Å². The number of imidazole rings is 1. The number of benzene rings is 1. The van der Waals surface area contributed by atoms with Gasteiger partial charge in [-0.05, 0) is 48.9 Å². The standard InChI is InChI=1S/C20H21N7O3S/c1-30-13-3-11-24-31(28,29)16-7-5-15(6-8-16)25-20-21-12-9-17(26-20)18-14-22-19-4-2-10-23-27(18)19/h2,4-10,12,14,24H,3,11,13H2,1H3,(H,21,25,26). The number of rotatable bonds is 9. The van der Waals surface area contributed by atoms with Crippen molar-refractivity contribution < 1.29 is 13.2 Å². The first-order valence-electron chi connectivity index (χ1n) is 9.55.